The number of aromatic amines is 1. The Labute approximate surface area is 270 Å². The van der Waals surface area contributed by atoms with E-state index < -0.39 is 73.3 Å². The fraction of sp³-hybridized carbons (Fsp3) is 0.429. The average Bonchev–Trinajstić information content (AvgIpc) is 2.98. The van der Waals surface area contributed by atoms with Crippen LogP contribution in [0.4, 0.5) is 18.0 Å². The molecule has 0 spiro atoms. The highest BCUT2D eigenvalue weighted by molar-refractivity contribution is 7.91. The number of rotatable bonds is 10. The van der Waals surface area contributed by atoms with E-state index in [0.29, 0.717) is 30.0 Å². The molecule has 1 aliphatic heterocycles. The first kappa shape index (κ1) is 35.3. The van der Waals surface area contributed by atoms with Gasteiger partial charge in [0, 0.05) is 31.2 Å². The van der Waals surface area contributed by atoms with Crippen molar-refractivity contribution in [3.63, 3.8) is 0 Å². The number of aromatic nitrogens is 2. The van der Waals surface area contributed by atoms with Crippen molar-refractivity contribution in [2.24, 2.45) is 5.92 Å². The van der Waals surface area contributed by atoms with E-state index >= 15 is 0 Å². The number of carboxylic acid groups (broad SMARTS) is 1. The first-order valence-electron chi connectivity index (χ1n) is 14.0. The van der Waals surface area contributed by atoms with E-state index in [1.807, 2.05) is 5.32 Å². The summed E-state index contributed by atoms with van der Waals surface area (Å²) in [7, 11) is -3.82. The van der Waals surface area contributed by atoms with Crippen LogP contribution in [0.15, 0.2) is 38.8 Å². The number of fused-ring (bicyclic) bond motifs is 1. The van der Waals surface area contributed by atoms with Gasteiger partial charge in [-0.2, -0.15) is 13.2 Å². The molecule has 46 heavy (non-hydrogen) atoms. The van der Waals surface area contributed by atoms with Gasteiger partial charge in [0.25, 0.3) is 5.56 Å². The third-order valence-corrected chi connectivity index (χ3v) is 10.1. The predicted molar refractivity (Wildman–Crippen MR) is 162 cm³/mol. The molecule has 4 rings (SSSR count). The number of carbonyl (C=O) groups is 2. The minimum Gasteiger partial charge on any atom is -0.530 e. The summed E-state index contributed by atoms with van der Waals surface area (Å²) in [6, 6.07) is 4.41. The highest BCUT2D eigenvalue weighted by Gasteiger charge is 2.37. The van der Waals surface area contributed by atoms with Gasteiger partial charge in [-0.3, -0.25) is 19.1 Å². The van der Waals surface area contributed by atoms with Crippen LogP contribution in [0, 0.1) is 5.92 Å². The molecule has 2 amide bonds. The number of amides is 2. The minimum absolute atomic E-state index is 0.00101. The molecule has 3 aromatic rings. The van der Waals surface area contributed by atoms with E-state index in [4.69, 9.17) is 23.2 Å². The van der Waals surface area contributed by atoms with Gasteiger partial charge in [0.15, 0.2) is 9.84 Å². The molecule has 18 heteroatoms. The van der Waals surface area contributed by atoms with Crippen molar-refractivity contribution in [3.05, 3.63) is 71.8 Å². The van der Waals surface area contributed by atoms with Crippen molar-refractivity contribution in [2.45, 2.75) is 43.9 Å². The molecule has 0 saturated carbocycles. The Kier molecular flexibility index (Phi) is 10.8. The first-order chi connectivity index (χ1) is 21.5. The summed E-state index contributed by atoms with van der Waals surface area (Å²) >= 11 is 12.5. The first-order valence-corrected chi connectivity index (χ1v) is 16.5. The van der Waals surface area contributed by atoms with Crippen molar-refractivity contribution in [1.82, 2.24) is 25.1 Å². The van der Waals surface area contributed by atoms with Crippen molar-refractivity contribution in [2.75, 3.05) is 31.9 Å². The second-order valence-electron chi connectivity index (χ2n) is 10.7. The molecule has 0 bridgehead atoms. The van der Waals surface area contributed by atoms with Crippen LogP contribution in [0.5, 0.6) is 0 Å². The lowest BCUT2D eigenvalue weighted by molar-refractivity contribution is -0.250. The molecule has 1 aromatic heterocycles. The van der Waals surface area contributed by atoms with Gasteiger partial charge < -0.3 is 25.5 Å². The standard InChI is InChI=1S/C28H30Cl2F3N5O7S/c1-2-46(44,45)21-6-5-17(29)10-16(21)13-38-25(40)18-11-20(28(31,32)33)19(22(30)23(18)36-26(38)41)14-37-9-3-4-15(12-37)24(39)34-7-8-35-27(42)43/h5-6,10-11,15,35H,2-4,7-9,12-14H2,1H3,(H,34,39)(H,36,41)(H,42,43)/p-1/t15-/m1/s1. The lowest BCUT2D eigenvalue weighted by atomic mass is 9.95. The summed E-state index contributed by atoms with van der Waals surface area (Å²) in [6.45, 7) is 0.779. The van der Waals surface area contributed by atoms with Gasteiger partial charge in [0.2, 0.25) is 5.91 Å². The molecule has 0 radical (unpaired) electrons. The zero-order chi connectivity index (χ0) is 34.0. The van der Waals surface area contributed by atoms with E-state index in [9.17, 15) is 45.9 Å². The second-order valence-corrected chi connectivity index (χ2v) is 13.8. The number of hydrogen-bond donors (Lipinski definition) is 3. The summed E-state index contributed by atoms with van der Waals surface area (Å²) in [6.07, 6.45) is -5.53. The third kappa shape index (κ3) is 7.85. The number of piperidine rings is 1. The van der Waals surface area contributed by atoms with Crippen LogP contribution in [0.2, 0.25) is 10.0 Å². The molecule has 1 fully saturated rings. The Balaban J connectivity index is 1.71. The third-order valence-electron chi connectivity index (χ3n) is 7.64. The Morgan fingerprint density at radius 2 is 1.80 bits per heavy atom. The maximum atomic E-state index is 14.4. The van der Waals surface area contributed by atoms with Crippen molar-refractivity contribution >= 4 is 55.9 Å². The van der Waals surface area contributed by atoms with Crippen LogP contribution < -0.4 is 27.0 Å². The van der Waals surface area contributed by atoms with E-state index in [2.05, 4.69) is 10.3 Å². The number of sulfone groups is 1. The van der Waals surface area contributed by atoms with Crippen LogP contribution in [-0.2, 0) is 33.9 Å². The number of carbonyl (C=O) groups excluding carboxylic acids is 2. The molecule has 0 unspecified atom stereocenters. The topological polar surface area (TPSA) is 174 Å². The Bertz CT molecular complexity index is 1900. The fourth-order valence-electron chi connectivity index (χ4n) is 5.38. The normalized spacial score (nSPS) is 16.0. The zero-order valence-electron chi connectivity index (χ0n) is 24.3. The monoisotopic (exact) mass is 706 g/mol. The number of nitrogens with one attached hydrogen (secondary N) is 3. The van der Waals surface area contributed by atoms with E-state index in [1.54, 1.807) is 4.90 Å². The van der Waals surface area contributed by atoms with Gasteiger partial charge >= 0.3 is 11.9 Å². The molecule has 0 aliphatic carbocycles. The maximum absolute atomic E-state index is 14.4. The molecule has 2 heterocycles. The van der Waals surface area contributed by atoms with Crippen LogP contribution in [0.3, 0.4) is 0 Å². The lowest BCUT2D eigenvalue weighted by Gasteiger charge is -2.33. The zero-order valence-corrected chi connectivity index (χ0v) is 26.6. The molecule has 3 N–H and O–H groups in total. The van der Waals surface area contributed by atoms with Crippen molar-refractivity contribution < 1.29 is 36.3 Å². The summed E-state index contributed by atoms with van der Waals surface area (Å²) < 4.78 is 69.1. The molecular formula is C28H29Cl2F3N5O7S-. The highest BCUT2D eigenvalue weighted by atomic mass is 35.5. The molecule has 12 nitrogen and oxygen atoms in total. The second kappa shape index (κ2) is 14.0. The number of halogens is 5. The van der Waals surface area contributed by atoms with E-state index in [-0.39, 0.29) is 52.9 Å². The molecule has 2 aromatic carbocycles. The van der Waals surface area contributed by atoms with Crippen LogP contribution in [0.25, 0.3) is 10.9 Å². The quantitative estimate of drug-likeness (QED) is 0.269. The summed E-state index contributed by atoms with van der Waals surface area (Å²) in [4.78, 5) is 53.5. The minimum atomic E-state index is -4.96. The number of alkyl halides is 3. The number of benzene rings is 2. The SMILES string of the molecule is CCS(=O)(=O)c1ccc(Cl)cc1Cn1c(=O)[nH]c2c(Cl)c(CN3CCC[C@@H](C(=O)NCCNC(=O)[O-])C3)c(C(F)(F)F)cc2c1=O. The molecule has 1 aliphatic rings. The van der Waals surface area contributed by atoms with Gasteiger partial charge in [-0.15, -0.1) is 0 Å². The number of nitrogens with zero attached hydrogens (tertiary/aromatic N) is 2. The lowest BCUT2D eigenvalue weighted by Crippen LogP contribution is -2.45. The summed E-state index contributed by atoms with van der Waals surface area (Å²) in [5.41, 5.74) is -4.10. The van der Waals surface area contributed by atoms with E-state index in [0.717, 1.165) is 0 Å². The van der Waals surface area contributed by atoms with E-state index in [1.165, 1.54) is 25.1 Å². The van der Waals surface area contributed by atoms with Gasteiger partial charge in [-0.25, -0.2) is 13.2 Å². The Morgan fingerprint density at radius 1 is 1.11 bits per heavy atom. The number of hydrogen-bond acceptors (Lipinski definition) is 8. The smallest absolute Gasteiger partial charge is 0.416 e. The van der Waals surface area contributed by atoms with Crippen molar-refractivity contribution in [1.29, 1.82) is 0 Å². The number of likely N-dealkylation sites (tertiary alicyclic amines) is 1. The Hall–Kier alpha value is -3.60. The number of H-pyrrole nitrogens is 1. The summed E-state index contributed by atoms with van der Waals surface area (Å²) in [5, 5.41) is 14.1. The molecule has 1 saturated heterocycles. The fourth-order valence-corrected chi connectivity index (χ4v) is 6.99. The highest BCUT2D eigenvalue weighted by Crippen LogP contribution is 2.39. The molecule has 1 atom stereocenters. The summed E-state index contributed by atoms with van der Waals surface area (Å²) in [5.74, 6) is -1.28. The van der Waals surface area contributed by atoms with Crippen LogP contribution in [0.1, 0.15) is 36.5 Å². The van der Waals surface area contributed by atoms with Crippen LogP contribution >= 0.6 is 23.2 Å². The Morgan fingerprint density at radius 3 is 2.46 bits per heavy atom. The predicted octanol–water partition coefficient (Wildman–Crippen LogP) is 2.12. The van der Waals surface area contributed by atoms with Gasteiger partial charge in [-0.1, -0.05) is 30.1 Å². The molecule has 250 valence electrons. The van der Waals surface area contributed by atoms with Gasteiger partial charge in [0.05, 0.1) is 44.6 Å². The largest absolute Gasteiger partial charge is 0.530 e. The van der Waals surface area contributed by atoms with Gasteiger partial charge in [0.1, 0.15) is 6.09 Å². The van der Waals surface area contributed by atoms with Gasteiger partial charge in [-0.05, 0) is 54.8 Å². The average molecular weight is 708 g/mol. The van der Waals surface area contributed by atoms with Crippen molar-refractivity contribution in [3.8, 4) is 0 Å². The van der Waals surface area contributed by atoms with Crippen LogP contribution in [-0.4, -0.2) is 66.8 Å². The molecular weight excluding hydrogens is 678 g/mol. The maximum Gasteiger partial charge on any atom is 0.416 e.